The van der Waals surface area contributed by atoms with Crippen LogP contribution in [0.4, 0.5) is 0 Å². The molecule has 3 rings (SSSR count). The fourth-order valence-electron chi connectivity index (χ4n) is 2.89. The van der Waals surface area contributed by atoms with Gasteiger partial charge in [0.2, 0.25) is 5.88 Å². The van der Waals surface area contributed by atoms with E-state index in [2.05, 4.69) is 11.9 Å². The zero-order valence-corrected chi connectivity index (χ0v) is 11.9. The number of benzene rings is 1. The van der Waals surface area contributed by atoms with Crippen LogP contribution in [-0.2, 0) is 6.54 Å². The van der Waals surface area contributed by atoms with Crippen molar-refractivity contribution in [2.45, 2.75) is 32.7 Å². The number of hydrogen-bond donors (Lipinski definition) is 2. The van der Waals surface area contributed by atoms with Crippen LogP contribution >= 0.6 is 0 Å². The molecule has 2 aromatic rings. The lowest BCUT2D eigenvalue weighted by Crippen LogP contribution is -2.38. The summed E-state index contributed by atoms with van der Waals surface area (Å²) in [6.07, 6.45) is 3.19. The summed E-state index contributed by atoms with van der Waals surface area (Å²) < 4.78 is 1.28. The van der Waals surface area contributed by atoms with Gasteiger partial charge in [-0.15, -0.1) is 0 Å². The van der Waals surface area contributed by atoms with Gasteiger partial charge in [-0.05, 0) is 23.8 Å². The van der Waals surface area contributed by atoms with Gasteiger partial charge in [0.05, 0.1) is 0 Å². The molecular weight excluding hydrogens is 268 g/mol. The van der Waals surface area contributed by atoms with Gasteiger partial charge in [0.1, 0.15) is 5.56 Å². The van der Waals surface area contributed by atoms with Crippen LogP contribution < -0.4 is 11.2 Å². The molecule has 0 atom stereocenters. The zero-order chi connectivity index (χ0) is 15.0. The van der Waals surface area contributed by atoms with Crippen LogP contribution in [0, 0.1) is 5.41 Å². The van der Waals surface area contributed by atoms with Gasteiger partial charge in [-0.1, -0.05) is 43.7 Å². The number of H-pyrrole nitrogens is 1. The summed E-state index contributed by atoms with van der Waals surface area (Å²) in [6.45, 7) is 2.52. The highest BCUT2D eigenvalue weighted by Gasteiger charge is 2.33. The van der Waals surface area contributed by atoms with E-state index >= 15 is 0 Å². The first kappa shape index (κ1) is 13.7. The minimum absolute atomic E-state index is 0.0213. The first-order chi connectivity index (χ1) is 10.0. The maximum atomic E-state index is 12.0. The first-order valence-corrected chi connectivity index (χ1v) is 7.12. The molecule has 0 bridgehead atoms. The summed E-state index contributed by atoms with van der Waals surface area (Å²) in [4.78, 5) is 26.4. The molecule has 1 aromatic carbocycles. The molecule has 21 heavy (non-hydrogen) atoms. The van der Waals surface area contributed by atoms with Crippen LogP contribution in [0.1, 0.15) is 26.2 Å². The maximum Gasteiger partial charge on any atom is 0.331 e. The molecule has 110 valence electrons. The summed E-state index contributed by atoms with van der Waals surface area (Å²) in [5.74, 6) is -0.247. The molecule has 0 spiro atoms. The van der Waals surface area contributed by atoms with Crippen LogP contribution in [0.2, 0.25) is 0 Å². The molecule has 0 radical (unpaired) electrons. The molecule has 2 N–H and O–H groups in total. The van der Waals surface area contributed by atoms with E-state index < -0.39 is 11.2 Å². The molecule has 5 heteroatoms. The van der Waals surface area contributed by atoms with E-state index in [1.807, 2.05) is 6.07 Å². The minimum Gasteiger partial charge on any atom is -0.494 e. The third-order valence-corrected chi connectivity index (χ3v) is 4.33. The van der Waals surface area contributed by atoms with Gasteiger partial charge in [0, 0.05) is 6.54 Å². The van der Waals surface area contributed by atoms with E-state index in [9.17, 15) is 14.7 Å². The summed E-state index contributed by atoms with van der Waals surface area (Å²) in [5.41, 5.74) is -0.334. The van der Waals surface area contributed by atoms with Gasteiger partial charge in [-0.3, -0.25) is 14.3 Å². The second-order valence-electron chi connectivity index (χ2n) is 6.07. The molecule has 1 aromatic heterocycles. The van der Waals surface area contributed by atoms with Gasteiger partial charge in [-0.2, -0.15) is 0 Å². The Bertz CT molecular complexity index is 770. The zero-order valence-electron chi connectivity index (χ0n) is 11.9. The lowest BCUT2D eigenvalue weighted by Gasteiger charge is -2.38. The highest BCUT2D eigenvalue weighted by atomic mass is 16.3. The summed E-state index contributed by atoms with van der Waals surface area (Å²) >= 11 is 0. The summed E-state index contributed by atoms with van der Waals surface area (Å²) in [7, 11) is 0. The Balaban J connectivity index is 2.14. The molecule has 5 nitrogen and oxygen atoms in total. The SMILES string of the molecule is CC1(Cn2c(O)c(-c3ccccc3)c(=O)[nH]c2=O)CCC1. The standard InChI is InChI=1S/C16H18N2O3/c1-16(8-5-9-16)10-18-14(20)12(13(19)17-15(18)21)11-6-3-2-4-7-11/h2-4,6-7,20H,5,8-10H2,1H3,(H,17,19,21). The van der Waals surface area contributed by atoms with E-state index in [-0.39, 0.29) is 16.9 Å². The Morgan fingerprint density at radius 2 is 1.90 bits per heavy atom. The quantitative estimate of drug-likeness (QED) is 0.907. The number of nitrogens with one attached hydrogen (secondary N) is 1. The number of aromatic amines is 1. The molecular formula is C16H18N2O3. The second-order valence-corrected chi connectivity index (χ2v) is 6.07. The fourth-order valence-corrected chi connectivity index (χ4v) is 2.89. The predicted molar refractivity (Wildman–Crippen MR) is 80.4 cm³/mol. The van der Waals surface area contributed by atoms with Gasteiger partial charge in [-0.25, -0.2) is 4.79 Å². The first-order valence-electron chi connectivity index (χ1n) is 7.12. The monoisotopic (exact) mass is 286 g/mol. The van der Waals surface area contributed by atoms with Crippen LogP contribution in [-0.4, -0.2) is 14.7 Å². The summed E-state index contributed by atoms with van der Waals surface area (Å²) in [5, 5.41) is 10.4. The highest BCUT2D eigenvalue weighted by Crippen LogP contribution is 2.42. The van der Waals surface area contributed by atoms with Crippen molar-refractivity contribution in [2.75, 3.05) is 0 Å². The topological polar surface area (TPSA) is 75.1 Å². The van der Waals surface area contributed by atoms with Crippen LogP contribution in [0.5, 0.6) is 5.88 Å². The van der Waals surface area contributed by atoms with Gasteiger partial charge in [0.15, 0.2) is 0 Å². The third kappa shape index (κ3) is 2.39. The van der Waals surface area contributed by atoms with Crippen molar-refractivity contribution in [1.29, 1.82) is 0 Å². The van der Waals surface area contributed by atoms with E-state index in [4.69, 9.17) is 0 Å². The maximum absolute atomic E-state index is 12.0. The fraction of sp³-hybridized carbons (Fsp3) is 0.375. The van der Waals surface area contributed by atoms with E-state index in [0.29, 0.717) is 12.1 Å². The van der Waals surface area contributed by atoms with Crippen molar-refractivity contribution in [1.82, 2.24) is 9.55 Å². The van der Waals surface area contributed by atoms with Gasteiger partial charge >= 0.3 is 5.69 Å². The van der Waals surface area contributed by atoms with Crippen LogP contribution in [0.25, 0.3) is 11.1 Å². The molecule has 0 saturated heterocycles. The smallest absolute Gasteiger partial charge is 0.331 e. The van der Waals surface area contributed by atoms with Crippen molar-refractivity contribution < 1.29 is 5.11 Å². The van der Waals surface area contributed by atoms with E-state index in [1.165, 1.54) is 4.57 Å². The molecule has 1 aliphatic rings. The van der Waals surface area contributed by atoms with Gasteiger partial charge in [0.25, 0.3) is 5.56 Å². The minimum atomic E-state index is -0.557. The van der Waals surface area contributed by atoms with E-state index in [1.54, 1.807) is 24.3 Å². The molecule has 1 heterocycles. The second kappa shape index (κ2) is 4.91. The molecule has 1 saturated carbocycles. The third-order valence-electron chi connectivity index (χ3n) is 4.33. The number of rotatable bonds is 3. The molecule has 1 aliphatic carbocycles. The average molecular weight is 286 g/mol. The Kier molecular flexibility index (Phi) is 3.20. The molecule has 0 amide bonds. The number of hydrogen-bond acceptors (Lipinski definition) is 3. The van der Waals surface area contributed by atoms with Crippen molar-refractivity contribution >= 4 is 0 Å². The largest absolute Gasteiger partial charge is 0.494 e. The Morgan fingerprint density at radius 1 is 1.24 bits per heavy atom. The van der Waals surface area contributed by atoms with Crippen LogP contribution in [0.3, 0.4) is 0 Å². The number of aromatic hydroxyl groups is 1. The molecule has 0 aliphatic heterocycles. The van der Waals surface area contributed by atoms with Crippen molar-refractivity contribution in [3.05, 3.63) is 51.2 Å². The average Bonchev–Trinajstić information content (AvgIpc) is 2.42. The van der Waals surface area contributed by atoms with Crippen molar-refractivity contribution in [2.24, 2.45) is 5.41 Å². The Morgan fingerprint density at radius 3 is 2.48 bits per heavy atom. The van der Waals surface area contributed by atoms with E-state index in [0.717, 1.165) is 19.3 Å². The van der Waals surface area contributed by atoms with Crippen molar-refractivity contribution in [3.63, 3.8) is 0 Å². The normalized spacial score (nSPS) is 16.4. The van der Waals surface area contributed by atoms with Gasteiger partial charge < -0.3 is 5.11 Å². The lowest BCUT2D eigenvalue weighted by molar-refractivity contribution is 0.124. The van der Waals surface area contributed by atoms with Crippen LogP contribution in [0.15, 0.2) is 39.9 Å². The lowest BCUT2D eigenvalue weighted by atomic mass is 9.70. The number of nitrogens with zero attached hydrogens (tertiary/aromatic N) is 1. The highest BCUT2D eigenvalue weighted by molar-refractivity contribution is 5.67. The number of aromatic nitrogens is 2. The molecule has 0 unspecified atom stereocenters. The Hall–Kier alpha value is -2.30. The van der Waals surface area contributed by atoms with Crippen molar-refractivity contribution in [3.8, 4) is 17.0 Å². The summed E-state index contributed by atoms with van der Waals surface area (Å²) in [6, 6.07) is 8.89. The predicted octanol–water partition coefficient (Wildman–Crippen LogP) is 2.10. The molecule has 1 fully saturated rings. The Labute approximate surface area is 121 Å².